The molecule has 0 saturated carbocycles. The molecule has 0 bridgehead atoms. The van der Waals surface area contributed by atoms with Gasteiger partial charge in [0.1, 0.15) is 11.9 Å². The molecule has 116 valence electrons. The first-order chi connectivity index (χ1) is 10.7. The highest BCUT2D eigenvalue weighted by molar-refractivity contribution is 5.93. The second-order valence-corrected chi connectivity index (χ2v) is 6.04. The maximum atomic E-state index is 12.2. The molecular formula is C17H18O5. The van der Waals surface area contributed by atoms with Gasteiger partial charge in [-0.25, -0.2) is 0 Å². The third-order valence-electron chi connectivity index (χ3n) is 5.03. The monoisotopic (exact) mass is 302 g/mol. The Bertz CT molecular complexity index is 760. The third-order valence-corrected chi connectivity index (χ3v) is 5.03. The molecular weight excluding hydrogens is 284 g/mol. The van der Waals surface area contributed by atoms with Crippen LogP contribution in [0.15, 0.2) is 16.5 Å². The Morgan fingerprint density at radius 3 is 2.86 bits per heavy atom. The summed E-state index contributed by atoms with van der Waals surface area (Å²) in [6.07, 6.45) is 1.38. The van der Waals surface area contributed by atoms with Gasteiger partial charge in [0.15, 0.2) is 11.3 Å². The van der Waals surface area contributed by atoms with Crippen LogP contribution in [0.25, 0.3) is 11.0 Å². The fraction of sp³-hybridized carbons (Fsp3) is 0.471. The number of carbonyl (C=O) groups excluding carboxylic acids is 1. The molecule has 4 rings (SSSR count). The summed E-state index contributed by atoms with van der Waals surface area (Å²) < 4.78 is 16.3. The zero-order valence-electron chi connectivity index (χ0n) is 12.6. The molecule has 2 aromatic rings. The number of rotatable bonds is 2. The standard InChI is InChI=1S/C17H18O5/c1-20-12-6-3-8-7-10(17(19)21-2)9-4-5-11(18)15-14(9)13(8)16(12)22-15/h3,6,9-11,18H,4-5,7H2,1-2H3/t9-,10+,11-/m1/s1. The van der Waals surface area contributed by atoms with Crippen LogP contribution < -0.4 is 4.74 Å². The lowest BCUT2D eigenvalue weighted by Gasteiger charge is -2.33. The van der Waals surface area contributed by atoms with Crippen LogP contribution in [0, 0.1) is 5.92 Å². The number of aliphatic hydroxyl groups excluding tert-OH is 1. The van der Waals surface area contributed by atoms with E-state index in [0.29, 0.717) is 29.9 Å². The van der Waals surface area contributed by atoms with E-state index in [-0.39, 0.29) is 17.8 Å². The first-order valence-electron chi connectivity index (χ1n) is 7.53. The fourth-order valence-corrected chi connectivity index (χ4v) is 4.03. The lowest BCUT2D eigenvalue weighted by Crippen LogP contribution is -2.31. The van der Waals surface area contributed by atoms with Gasteiger partial charge in [0.25, 0.3) is 0 Å². The summed E-state index contributed by atoms with van der Waals surface area (Å²) in [6.45, 7) is 0. The Balaban J connectivity index is 2.00. The van der Waals surface area contributed by atoms with Crippen LogP contribution in [0.5, 0.6) is 5.75 Å². The second kappa shape index (κ2) is 4.74. The molecule has 2 aliphatic carbocycles. The lowest BCUT2D eigenvalue weighted by atomic mass is 9.70. The molecule has 0 amide bonds. The highest BCUT2D eigenvalue weighted by Gasteiger charge is 2.43. The number of hydrogen-bond acceptors (Lipinski definition) is 5. The van der Waals surface area contributed by atoms with Crippen LogP contribution in [0.4, 0.5) is 0 Å². The summed E-state index contributed by atoms with van der Waals surface area (Å²) in [5, 5.41) is 11.3. The Labute approximate surface area is 127 Å². The predicted molar refractivity (Wildman–Crippen MR) is 78.9 cm³/mol. The normalized spacial score (nSPS) is 26.0. The zero-order chi connectivity index (χ0) is 15.4. The van der Waals surface area contributed by atoms with E-state index < -0.39 is 6.10 Å². The summed E-state index contributed by atoms with van der Waals surface area (Å²) >= 11 is 0. The maximum Gasteiger partial charge on any atom is 0.309 e. The van der Waals surface area contributed by atoms with Gasteiger partial charge in [-0.05, 0) is 30.9 Å². The van der Waals surface area contributed by atoms with Crippen LogP contribution in [0.3, 0.4) is 0 Å². The average Bonchev–Trinajstić information content (AvgIpc) is 2.95. The van der Waals surface area contributed by atoms with Gasteiger partial charge >= 0.3 is 5.97 Å². The van der Waals surface area contributed by atoms with E-state index >= 15 is 0 Å². The Morgan fingerprint density at radius 2 is 2.14 bits per heavy atom. The van der Waals surface area contributed by atoms with Gasteiger partial charge in [0, 0.05) is 16.9 Å². The quantitative estimate of drug-likeness (QED) is 0.864. The van der Waals surface area contributed by atoms with Gasteiger partial charge < -0.3 is 19.0 Å². The number of hydrogen-bond donors (Lipinski definition) is 1. The van der Waals surface area contributed by atoms with Crippen molar-refractivity contribution in [3.05, 3.63) is 29.0 Å². The molecule has 0 saturated heterocycles. The minimum absolute atomic E-state index is 0.0479. The van der Waals surface area contributed by atoms with Crippen molar-refractivity contribution in [2.24, 2.45) is 5.92 Å². The van der Waals surface area contributed by atoms with Gasteiger partial charge in [-0.15, -0.1) is 0 Å². The Hall–Kier alpha value is -2.01. The van der Waals surface area contributed by atoms with Gasteiger partial charge in [-0.1, -0.05) is 6.07 Å². The summed E-state index contributed by atoms with van der Waals surface area (Å²) in [6, 6.07) is 3.83. The molecule has 1 N–H and O–H groups in total. The van der Waals surface area contributed by atoms with Crippen LogP contribution in [-0.4, -0.2) is 25.3 Å². The summed E-state index contributed by atoms with van der Waals surface area (Å²) in [5.41, 5.74) is 2.71. The zero-order valence-corrected chi connectivity index (χ0v) is 12.6. The van der Waals surface area contributed by atoms with Crippen molar-refractivity contribution in [2.45, 2.75) is 31.3 Å². The summed E-state index contributed by atoms with van der Waals surface area (Å²) in [5.74, 6) is 0.897. The van der Waals surface area contributed by atoms with E-state index in [1.165, 1.54) is 7.11 Å². The van der Waals surface area contributed by atoms with E-state index in [1.807, 2.05) is 12.1 Å². The predicted octanol–water partition coefficient (Wildman–Crippen LogP) is 2.70. The minimum atomic E-state index is -0.618. The Morgan fingerprint density at radius 1 is 1.32 bits per heavy atom. The molecule has 2 aliphatic rings. The Kier molecular flexibility index (Phi) is 2.94. The molecule has 1 aromatic heterocycles. The molecule has 0 unspecified atom stereocenters. The highest BCUT2D eigenvalue weighted by Crippen LogP contribution is 2.52. The first kappa shape index (κ1) is 13.6. The van der Waals surface area contributed by atoms with Crippen LogP contribution >= 0.6 is 0 Å². The minimum Gasteiger partial charge on any atom is -0.493 e. The molecule has 3 atom stereocenters. The smallest absolute Gasteiger partial charge is 0.309 e. The van der Waals surface area contributed by atoms with E-state index in [2.05, 4.69) is 0 Å². The number of ether oxygens (including phenoxy) is 2. The SMILES string of the molecule is COC(=O)[C@H]1Cc2ccc(OC)c3oc4c(c23)[C@@H]1CC[C@H]4O. The van der Waals surface area contributed by atoms with Crippen molar-refractivity contribution < 1.29 is 23.8 Å². The molecule has 1 heterocycles. The number of benzene rings is 1. The van der Waals surface area contributed by atoms with Crippen molar-refractivity contribution in [3.63, 3.8) is 0 Å². The number of carbonyl (C=O) groups is 1. The number of aliphatic hydroxyl groups is 1. The third kappa shape index (κ3) is 1.66. The lowest BCUT2D eigenvalue weighted by molar-refractivity contribution is -0.146. The van der Waals surface area contributed by atoms with Crippen LogP contribution in [0.1, 0.15) is 41.8 Å². The van der Waals surface area contributed by atoms with Crippen molar-refractivity contribution in [2.75, 3.05) is 14.2 Å². The topological polar surface area (TPSA) is 68.9 Å². The van der Waals surface area contributed by atoms with E-state index in [4.69, 9.17) is 13.9 Å². The largest absolute Gasteiger partial charge is 0.493 e. The first-order valence-corrected chi connectivity index (χ1v) is 7.53. The summed E-state index contributed by atoms with van der Waals surface area (Å²) in [4.78, 5) is 12.2. The molecule has 22 heavy (non-hydrogen) atoms. The van der Waals surface area contributed by atoms with E-state index in [0.717, 1.165) is 22.9 Å². The molecule has 5 nitrogen and oxygen atoms in total. The number of furan rings is 1. The molecule has 1 aromatic carbocycles. The van der Waals surface area contributed by atoms with Crippen molar-refractivity contribution in [1.29, 1.82) is 0 Å². The molecule has 0 spiro atoms. The molecule has 5 heteroatoms. The van der Waals surface area contributed by atoms with Crippen molar-refractivity contribution in [1.82, 2.24) is 0 Å². The van der Waals surface area contributed by atoms with Gasteiger partial charge in [-0.3, -0.25) is 4.79 Å². The van der Waals surface area contributed by atoms with Crippen molar-refractivity contribution >= 4 is 16.9 Å². The molecule has 0 radical (unpaired) electrons. The van der Waals surface area contributed by atoms with Gasteiger partial charge in [-0.2, -0.15) is 0 Å². The van der Waals surface area contributed by atoms with Crippen LogP contribution in [-0.2, 0) is 16.0 Å². The average molecular weight is 302 g/mol. The van der Waals surface area contributed by atoms with Crippen molar-refractivity contribution in [3.8, 4) is 5.75 Å². The number of methoxy groups -OCH3 is 2. The van der Waals surface area contributed by atoms with E-state index in [1.54, 1.807) is 7.11 Å². The van der Waals surface area contributed by atoms with Crippen LogP contribution in [0.2, 0.25) is 0 Å². The molecule has 0 fully saturated rings. The number of esters is 1. The molecule has 0 aliphatic heterocycles. The van der Waals surface area contributed by atoms with Gasteiger partial charge in [0.05, 0.1) is 20.1 Å². The second-order valence-electron chi connectivity index (χ2n) is 6.04. The van der Waals surface area contributed by atoms with E-state index in [9.17, 15) is 9.90 Å². The highest BCUT2D eigenvalue weighted by atomic mass is 16.5. The summed E-state index contributed by atoms with van der Waals surface area (Å²) in [7, 11) is 3.03. The van der Waals surface area contributed by atoms with Gasteiger partial charge in [0.2, 0.25) is 0 Å². The fourth-order valence-electron chi connectivity index (χ4n) is 4.03. The maximum absolute atomic E-state index is 12.2.